The third-order valence-corrected chi connectivity index (χ3v) is 4.79. The van der Waals surface area contributed by atoms with Crippen LogP contribution >= 0.6 is 11.6 Å². The van der Waals surface area contributed by atoms with Gasteiger partial charge in [-0.05, 0) is 54.1 Å². The van der Waals surface area contributed by atoms with E-state index in [4.69, 9.17) is 16.1 Å². The Labute approximate surface area is 190 Å². The Morgan fingerprint density at radius 2 is 1.82 bits per heavy atom. The van der Waals surface area contributed by atoms with Crippen LogP contribution in [0, 0.1) is 0 Å². The lowest BCUT2D eigenvalue weighted by Gasteiger charge is -2.08. The summed E-state index contributed by atoms with van der Waals surface area (Å²) < 4.78 is 47.7. The van der Waals surface area contributed by atoms with Gasteiger partial charge in [0.1, 0.15) is 18.0 Å². The topological polar surface area (TPSA) is 82.2 Å². The summed E-state index contributed by atoms with van der Waals surface area (Å²) in [7, 11) is 0. The highest BCUT2D eigenvalue weighted by Gasteiger charge is 2.31. The van der Waals surface area contributed by atoms with Crippen molar-refractivity contribution in [2.75, 3.05) is 0 Å². The molecule has 4 aromatic rings. The van der Waals surface area contributed by atoms with Crippen molar-refractivity contribution in [3.63, 3.8) is 0 Å². The Hall–Kier alpha value is -3.79. The Morgan fingerprint density at radius 1 is 1.09 bits per heavy atom. The maximum absolute atomic E-state index is 12.4. The second-order valence-corrected chi connectivity index (χ2v) is 7.36. The van der Waals surface area contributed by atoms with Gasteiger partial charge in [0.25, 0.3) is 5.89 Å². The molecule has 1 N–H and O–H groups in total. The number of carbonyl (C=O) groups is 1. The molecule has 2 aromatic carbocycles. The number of rotatable bonds is 7. The first kappa shape index (κ1) is 22.4. The fourth-order valence-electron chi connectivity index (χ4n) is 3.01. The molecule has 0 atom stereocenters. The van der Waals surface area contributed by atoms with Crippen molar-refractivity contribution in [2.45, 2.75) is 19.5 Å². The van der Waals surface area contributed by atoms with E-state index in [0.29, 0.717) is 22.8 Å². The number of aromatic nitrogens is 3. The predicted octanol–water partition coefficient (Wildman–Crippen LogP) is 5.07. The maximum atomic E-state index is 12.4. The molecule has 0 unspecified atom stereocenters. The van der Waals surface area contributed by atoms with Crippen LogP contribution in [0.2, 0.25) is 5.02 Å². The molecule has 0 radical (unpaired) electrons. The van der Waals surface area contributed by atoms with Gasteiger partial charge in [-0.15, -0.1) is 13.2 Å². The Kier molecular flexibility index (Phi) is 6.36. The highest BCUT2D eigenvalue weighted by Crippen LogP contribution is 2.27. The summed E-state index contributed by atoms with van der Waals surface area (Å²) in [5, 5.41) is 7.32. The van der Waals surface area contributed by atoms with Crippen LogP contribution in [-0.2, 0) is 17.9 Å². The standard InChI is InChI=1S/C22H16ClF3N4O3/c23-16-7-3-14(4-8-16)12-27-19(31)13-30-11-1-2-18(30)21-28-20(29-33-21)15-5-9-17(10-6-15)32-22(24,25)26/h1-11H,12-13H2,(H,27,31). The smallest absolute Gasteiger partial charge is 0.406 e. The van der Waals surface area contributed by atoms with Crippen LogP contribution in [0.4, 0.5) is 13.2 Å². The Bertz CT molecular complexity index is 1240. The van der Waals surface area contributed by atoms with Gasteiger partial charge in [-0.3, -0.25) is 4.79 Å². The van der Waals surface area contributed by atoms with Crippen molar-refractivity contribution in [1.29, 1.82) is 0 Å². The van der Waals surface area contributed by atoms with Gasteiger partial charge in [0.2, 0.25) is 11.7 Å². The summed E-state index contributed by atoms with van der Waals surface area (Å²) in [6.45, 7) is 0.377. The zero-order valence-corrected chi connectivity index (χ0v) is 17.6. The first-order chi connectivity index (χ1) is 15.8. The van der Waals surface area contributed by atoms with Gasteiger partial charge in [-0.25, -0.2) is 0 Å². The third kappa shape index (κ3) is 5.92. The van der Waals surface area contributed by atoms with Gasteiger partial charge in [-0.2, -0.15) is 4.98 Å². The van der Waals surface area contributed by atoms with Gasteiger partial charge < -0.3 is 19.1 Å². The van der Waals surface area contributed by atoms with Gasteiger partial charge in [0.05, 0.1) is 0 Å². The molecule has 33 heavy (non-hydrogen) atoms. The maximum Gasteiger partial charge on any atom is 0.573 e. The monoisotopic (exact) mass is 476 g/mol. The number of nitrogens with one attached hydrogen (secondary N) is 1. The van der Waals surface area contributed by atoms with E-state index in [1.165, 1.54) is 12.1 Å². The van der Waals surface area contributed by atoms with Crippen LogP contribution < -0.4 is 10.1 Å². The number of nitrogens with zero attached hydrogens (tertiary/aromatic N) is 3. The average Bonchev–Trinajstić information content (AvgIpc) is 3.42. The minimum atomic E-state index is -4.77. The molecule has 4 rings (SSSR count). The molecule has 0 saturated carbocycles. The number of hydrogen-bond donors (Lipinski definition) is 1. The van der Waals surface area contributed by atoms with E-state index in [1.807, 2.05) is 12.1 Å². The van der Waals surface area contributed by atoms with E-state index < -0.39 is 6.36 Å². The summed E-state index contributed by atoms with van der Waals surface area (Å²) in [6.07, 6.45) is -3.07. The van der Waals surface area contributed by atoms with Crippen LogP contribution in [0.5, 0.6) is 5.75 Å². The molecule has 0 aliphatic carbocycles. The lowest BCUT2D eigenvalue weighted by atomic mass is 10.2. The molecule has 1 amide bonds. The minimum Gasteiger partial charge on any atom is -0.406 e. The highest BCUT2D eigenvalue weighted by atomic mass is 35.5. The fraction of sp³-hybridized carbons (Fsp3) is 0.136. The molecule has 0 fully saturated rings. The SMILES string of the molecule is O=C(Cn1cccc1-c1nc(-c2ccc(OC(F)(F)F)cc2)no1)NCc1ccc(Cl)cc1. The van der Waals surface area contributed by atoms with Gasteiger partial charge >= 0.3 is 6.36 Å². The van der Waals surface area contributed by atoms with Gasteiger partial charge in [0, 0.05) is 23.3 Å². The number of amides is 1. The summed E-state index contributed by atoms with van der Waals surface area (Å²) in [5.74, 6) is -0.226. The Morgan fingerprint density at radius 3 is 2.52 bits per heavy atom. The molecule has 0 spiro atoms. The number of alkyl halides is 3. The van der Waals surface area contributed by atoms with E-state index in [-0.39, 0.29) is 29.9 Å². The zero-order chi connectivity index (χ0) is 23.4. The lowest BCUT2D eigenvalue weighted by Crippen LogP contribution is -2.27. The molecule has 2 heterocycles. The molecule has 0 bridgehead atoms. The number of carbonyl (C=O) groups excluding carboxylic acids is 1. The molecular weight excluding hydrogens is 461 g/mol. The van der Waals surface area contributed by atoms with Crippen LogP contribution in [0.25, 0.3) is 23.0 Å². The van der Waals surface area contributed by atoms with E-state index in [1.54, 1.807) is 35.0 Å². The second-order valence-electron chi connectivity index (χ2n) is 6.92. The van der Waals surface area contributed by atoms with Gasteiger partial charge in [-0.1, -0.05) is 28.9 Å². The number of ether oxygens (including phenoxy) is 1. The van der Waals surface area contributed by atoms with Crippen molar-refractivity contribution in [3.8, 4) is 28.7 Å². The van der Waals surface area contributed by atoms with Gasteiger partial charge in [0.15, 0.2) is 0 Å². The van der Waals surface area contributed by atoms with Crippen molar-refractivity contribution in [1.82, 2.24) is 20.0 Å². The second kappa shape index (κ2) is 9.37. The molecule has 11 heteroatoms. The highest BCUT2D eigenvalue weighted by molar-refractivity contribution is 6.30. The number of halogens is 4. The third-order valence-electron chi connectivity index (χ3n) is 4.54. The van der Waals surface area contributed by atoms with Crippen LogP contribution in [0.3, 0.4) is 0 Å². The van der Waals surface area contributed by atoms with Crippen molar-refractivity contribution < 1.29 is 27.2 Å². The first-order valence-electron chi connectivity index (χ1n) is 9.63. The molecule has 170 valence electrons. The van der Waals surface area contributed by atoms with Crippen molar-refractivity contribution in [2.24, 2.45) is 0 Å². The minimum absolute atomic E-state index is 0.0249. The lowest BCUT2D eigenvalue weighted by molar-refractivity contribution is -0.274. The molecule has 7 nitrogen and oxygen atoms in total. The summed E-state index contributed by atoms with van der Waals surface area (Å²) in [4.78, 5) is 16.7. The molecule has 0 aliphatic heterocycles. The largest absolute Gasteiger partial charge is 0.573 e. The summed E-state index contributed by atoms with van der Waals surface area (Å²) in [6, 6.07) is 15.7. The molecule has 0 saturated heterocycles. The van der Waals surface area contributed by atoms with Crippen molar-refractivity contribution in [3.05, 3.63) is 77.4 Å². The average molecular weight is 477 g/mol. The molecular formula is C22H16ClF3N4O3. The summed E-state index contributed by atoms with van der Waals surface area (Å²) in [5.41, 5.74) is 1.87. The molecule has 2 aromatic heterocycles. The van der Waals surface area contributed by atoms with Crippen LogP contribution in [0.1, 0.15) is 5.56 Å². The first-order valence-corrected chi connectivity index (χ1v) is 10.0. The predicted molar refractivity (Wildman–Crippen MR) is 113 cm³/mol. The quantitative estimate of drug-likeness (QED) is 0.402. The zero-order valence-electron chi connectivity index (χ0n) is 16.8. The fourth-order valence-corrected chi connectivity index (χ4v) is 3.14. The molecule has 0 aliphatic rings. The van der Waals surface area contributed by atoms with Crippen molar-refractivity contribution >= 4 is 17.5 Å². The van der Waals surface area contributed by atoms with E-state index >= 15 is 0 Å². The summed E-state index contributed by atoms with van der Waals surface area (Å²) >= 11 is 5.86. The van der Waals surface area contributed by atoms with Crippen LogP contribution in [-0.4, -0.2) is 27.0 Å². The number of benzene rings is 2. The van der Waals surface area contributed by atoms with E-state index in [0.717, 1.165) is 17.7 Å². The number of hydrogen-bond acceptors (Lipinski definition) is 5. The Balaban J connectivity index is 1.41. The normalized spacial score (nSPS) is 11.4. The van der Waals surface area contributed by atoms with E-state index in [2.05, 4.69) is 20.2 Å². The van der Waals surface area contributed by atoms with E-state index in [9.17, 15) is 18.0 Å². The van der Waals surface area contributed by atoms with Crippen LogP contribution in [0.15, 0.2) is 71.4 Å².